The van der Waals surface area contributed by atoms with E-state index in [-0.39, 0.29) is 0 Å². The Balaban J connectivity index is 1.92. The predicted molar refractivity (Wildman–Crippen MR) is 61.1 cm³/mol. The van der Waals surface area contributed by atoms with E-state index in [1.807, 2.05) is 11.8 Å². The van der Waals surface area contributed by atoms with Crippen LogP contribution in [0.25, 0.3) is 0 Å². The third-order valence-electron chi connectivity index (χ3n) is 1.77. The minimum Gasteiger partial charge on any atom is -0.481 e. The number of rotatable bonds is 7. The van der Waals surface area contributed by atoms with Crippen LogP contribution in [0.3, 0.4) is 0 Å². The number of thioether (sulfide) groups is 1. The van der Waals surface area contributed by atoms with Crippen LogP contribution in [0, 0.1) is 0 Å². The molecule has 0 atom stereocenters. The second-order valence-corrected chi connectivity index (χ2v) is 5.33. The molecule has 0 spiro atoms. The normalized spacial score (nSPS) is 10.3. The average molecular weight is 230 g/mol. The highest BCUT2D eigenvalue weighted by atomic mass is 32.2. The topological polar surface area (TPSA) is 37.3 Å². The van der Waals surface area contributed by atoms with Crippen molar-refractivity contribution in [1.29, 1.82) is 0 Å². The molecular formula is C10H14O2S2. The maximum Gasteiger partial charge on any atom is 0.303 e. The van der Waals surface area contributed by atoms with E-state index in [1.165, 1.54) is 4.21 Å². The van der Waals surface area contributed by atoms with Gasteiger partial charge in [0.15, 0.2) is 0 Å². The van der Waals surface area contributed by atoms with Crippen molar-refractivity contribution >= 4 is 29.1 Å². The highest BCUT2D eigenvalue weighted by Crippen LogP contribution is 2.24. The van der Waals surface area contributed by atoms with Gasteiger partial charge in [0.25, 0.3) is 0 Å². The fraction of sp³-hybridized carbons (Fsp3) is 0.500. The van der Waals surface area contributed by atoms with Gasteiger partial charge in [-0.25, -0.2) is 0 Å². The van der Waals surface area contributed by atoms with E-state index < -0.39 is 5.97 Å². The Labute approximate surface area is 92.3 Å². The lowest BCUT2D eigenvalue weighted by atomic mass is 10.2. The van der Waals surface area contributed by atoms with Crippen LogP contribution in [-0.2, 0) is 4.79 Å². The molecule has 1 rings (SSSR count). The summed E-state index contributed by atoms with van der Waals surface area (Å²) in [6, 6.07) is 4.17. The number of hydrogen-bond acceptors (Lipinski definition) is 3. The van der Waals surface area contributed by atoms with Crippen molar-refractivity contribution in [2.75, 3.05) is 5.75 Å². The Hall–Kier alpha value is -0.480. The zero-order valence-corrected chi connectivity index (χ0v) is 9.57. The highest BCUT2D eigenvalue weighted by molar-refractivity contribution is 8.01. The number of carbonyl (C=O) groups is 1. The van der Waals surface area contributed by atoms with Crippen LogP contribution in [0.1, 0.15) is 25.7 Å². The number of carboxylic acid groups (broad SMARTS) is 1. The molecule has 1 N–H and O–H groups in total. The Morgan fingerprint density at radius 1 is 1.43 bits per heavy atom. The lowest BCUT2D eigenvalue weighted by Crippen LogP contribution is -1.93. The van der Waals surface area contributed by atoms with E-state index in [0.29, 0.717) is 6.42 Å². The van der Waals surface area contributed by atoms with Crippen LogP contribution in [0.4, 0.5) is 0 Å². The second-order valence-electron chi connectivity index (χ2n) is 2.98. The van der Waals surface area contributed by atoms with Crippen LogP contribution in [-0.4, -0.2) is 16.8 Å². The van der Waals surface area contributed by atoms with E-state index in [2.05, 4.69) is 17.5 Å². The van der Waals surface area contributed by atoms with Crippen LogP contribution in [0.2, 0.25) is 0 Å². The monoisotopic (exact) mass is 230 g/mol. The van der Waals surface area contributed by atoms with Gasteiger partial charge in [-0.05, 0) is 30.0 Å². The summed E-state index contributed by atoms with van der Waals surface area (Å²) in [5.74, 6) is 0.413. The van der Waals surface area contributed by atoms with Gasteiger partial charge < -0.3 is 5.11 Å². The summed E-state index contributed by atoms with van der Waals surface area (Å²) in [6.07, 6.45) is 3.24. The molecule has 0 unspecified atom stereocenters. The summed E-state index contributed by atoms with van der Waals surface area (Å²) in [4.78, 5) is 10.2. The fourth-order valence-corrected chi connectivity index (χ4v) is 2.94. The van der Waals surface area contributed by atoms with E-state index in [1.54, 1.807) is 11.3 Å². The molecule has 0 aliphatic rings. The molecule has 0 amide bonds. The van der Waals surface area contributed by atoms with Gasteiger partial charge in [-0.1, -0.05) is 12.5 Å². The first kappa shape index (κ1) is 11.6. The number of hydrogen-bond donors (Lipinski definition) is 1. The molecule has 0 radical (unpaired) electrons. The maximum atomic E-state index is 10.2. The quantitative estimate of drug-likeness (QED) is 0.575. The number of carboxylic acids is 1. The first-order chi connectivity index (χ1) is 6.79. The third kappa shape index (κ3) is 5.29. The molecule has 0 saturated carbocycles. The first-order valence-corrected chi connectivity index (χ1v) is 6.53. The van der Waals surface area contributed by atoms with Gasteiger partial charge in [-0.15, -0.1) is 23.1 Å². The van der Waals surface area contributed by atoms with Crippen molar-refractivity contribution in [3.8, 4) is 0 Å². The smallest absolute Gasteiger partial charge is 0.303 e. The van der Waals surface area contributed by atoms with Crippen molar-refractivity contribution < 1.29 is 9.90 Å². The SMILES string of the molecule is O=C(O)CCCCCSc1cccs1. The van der Waals surface area contributed by atoms with Crippen LogP contribution < -0.4 is 0 Å². The molecule has 0 aromatic carbocycles. The van der Waals surface area contributed by atoms with E-state index in [9.17, 15) is 4.79 Å². The van der Waals surface area contributed by atoms with Gasteiger partial charge in [-0.2, -0.15) is 0 Å². The van der Waals surface area contributed by atoms with Crippen molar-refractivity contribution in [3.05, 3.63) is 17.5 Å². The Kier molecular flexibility index (Phi) is 5.71. The van der Waals surface area contributed by atoms with Crippen molar-refractivity contribution in [3.63, 3.8) is 0 Å². The molecule has 1 heterocycles. The molecule has 1 aromatic heterocycles. The molecule has 0 bridgehead atoms. The zero-order valence-electron chi connectivity index (χ0n) is 7.94. The standard InChI is InChI=1S/C10H14O2S2/c11-9(12)5-2-1-3-7-13-10-6-4-8-14-10/h4,6,8H,1-3,5,7H2,(H,11,12). The van der Waals surface area contributed by atoms with Crippen molar-refractivity contribution in [1.82, 2.24) is 0 Å². The van der Waals surface area contributed by atoms with E-state index >= 15 is 0 Å². The number of aliphatic carboxylic acids is 1. The van der Waals surface area contributed by atoms with Gasteiger partial charge in [0.1, 0.15) is 0 Å². The third-order valence-corrected chi connectivity index (χ3v) is 3.99. The van der Waals surface area contributed by atoms with Crippen LogP contribution >= 0.6 is 23.1 Å². The molecule has 78 valence electrons. The summed E-state index contributed by atoms with van der Waals surface area (Å²) in [6.45, 7) is 0. The summed E-state index contributed by atoms with van der Waals surface area (Å²) < 4.78 is 1.35. The molecule has 1 aromatic rings. The first-order valence-electron chi connectivity index (χ1n) is 4.67. The van der Waals surface area contributed by atoms with Gasteiger partial charge >= 0.3 is 5.97 Å². The van der Waals surface area contributed by atoms with E-state index in [4.69, 9.17) is 5.11 Å². The lowest BCUT2D eigenvalue weighted by Gasteiger charge is -1.98. The highest BCUT2D eigenvalue weighted by Gasteiger charge is 1.97. The number of unbranched alkanes of at least 4 members (excludes halogenated alkanes) is 2. The summed E-state index contributed by atoms with van der Waals surface area (Å²) in [5, 5.41) is 10.5. The zero-order chi connectivity index (χ0) is 10.2. The summed E-state index contributed by atoms with van der Waals surface area (Å²) in [5.41, 5.74) is 0. The van der Waals surface area contributed by atoms with Crippen molar-refractivity contribution in [2.45, 2.75) is 29.9 Å². The Morgan fingerprint density at radius 2 is 2.29 bits per heavy atom. The largest absolute Gasteiger partial charge is 0.481 e. The minimum absolute atomic E-state index is 0.309. The molecule has 0 aliphatic carbocycles. The van der Waals surface area contributed by atoms with Gasteiger partial charge in [0, 0.05) is 6.42 Å². The van der Waals surface area contributed by atoms with Gasteiger partial charge in [0.05, 0.1) is 4.21 Å². The molecular weight excluding hydrogens is 216 g/mol. The average Bonchev–Trinajstić information content (AvgIpc) is 2.63. The molecule has 2 nitrogen and oxygen atoms in total. The van der Waals surface area contributed by atoms with Crippen LogP contribution in [0.5, 0.6) is 0 Å². The summed E-state index contributed by atoms with van der Waals surface area (Å²) >= 11 is 3.62. The van der Waals surface area contributed by atoms with Gasteiger partial charge in [0.2, 0.25) is 0 Å². The molecule has 0 aliphatic heterocycles. The Morgan fingerprint density at radius 3 is 2.93 bits per heavy atom. The van der Waals surface area contributed by atoms with E-state index in [0.717, 1.165) is 25.0 Å². The molecule has 0 fully saturated rings. The lowest BCUT2D eigenvalue weighted by molar-refractivity contribution is -0.137. The molecule has 0 saturated heterocycles. The molecule has 4 heteroatoms. The minimum atomic E-state index is -0.684. The second kappa shape index (κ2) is 6.90. The maximum absolute atomic E-state index is 10.2. The van der Waals surface area contributed by atoms with Crippen molar-refractivity contribution in [2.24, 2.45) is 0 Å². The molecule has 14 heavy (non-hydrogen) atoms. The Bertz CT molecular complexity index is 257. The fourth-order valence-electron chi connectivity index (χ4n) is 1.07. The van der Waals surface area contributed by atoms with Crippen LogP contribution in [0.15, 0.2) is 21.7 Å². The van der Waals surface area contributed by atoms with Gasteiger partial charge in [-0.3, -0.25) is 4.79 Å². The summed E-state index contributed by atoms with van der Waals surface area (Å²) in [7, 11) is 0. The predicted octanol–water partition coefficient (Wildman–Crippen LogP) is 3.49. The number of thiophene rings is 1.